The lowest BCUT2D eigenvalue weighted by atomic mass is 9.90. The van der Waals surface area contributed by atoms with Crippen LogP contribution >= 0.6 is 22.9 Å². The normalized spacial score (nSPS) is 17.6. The molecule has 6 rings (SSSR count). The zero-order valence-corrected chi connectivity index (χ0v) is 21.9. The maximum Gasteiger partial charge on any atom is 0.261 e. The maximum atomic E-state index is 15.5. The van der Waals surface area contributed by atoms with Crippen molar-refractivity contribution in [3.05, 3.63) is 64.0 Å². The first-order chi connectivity index (χ1) is 18.5. The Hall–Kier alpha value is -3.83. The zero-order valence-electron chi connectivity index (χ0n) is 20.3. The average molecular weight is 552 g/mol. The highest BCUT2D eigenvalue weighted by Crippen LogP contribution is 2.38. The lowest BCUT2D eigenvalue weighted by molar-refractivity contribution is 0.0925. The molecule has 0 saturated heterocycles. The minimum Gasteiger partial charge on any atom is -0.494 e. The number of thiophene rings is 1. The largest absolute Gasteiger partial charge is 0.494 e. The Labute approximate surface area is 226 Å². The van der Waals surface area contributed by atoms with E-state index in [0.29, 0.717) is 44.1 Å². The molecule has 4 aromatic heterocycles. The molecule has 1 fully saturated rings. The molecule has 1 aromatic carbocycles. The van der Waals surface area contributed by atoms with E-state index in [-0.39, 0.29) is 23.7 Å². The van der Waals surface area contributed by atoms with Crippen molar-refractivity contribution in [1.82, 2.24) is 35.0 Å². The van der Waals surface area contributed by atoms with Crippen LogP contribution in [0.15, 0.2) is 48.9 Å². The van der Waals surface area contributed by atoms with Crippen molar-refractivity contribution >= 4 is 39.9 Å². The quantitative estimate of drug-likeness (QED) is 0.282. The van der Waals surface area contributed by atoms with Crippen molar-refractivity contribution in [2.75, 3.05) is 7.11 Å². The number of nitrogens with one attached hydrogen (secondary N) is 2. The average Bonchev–Trinajstić information content (AvgIpc) is 3.68. The van der Waals surface area contributed by atoms with E-state index in [1.54, 1.807) is 36.5 Å². The second-order valence-corrected chi connectivity index (χ2v) is 10.8. The number of nitrogens with zero attached hydrogens (tertiary/aromatic N) is 5. The van der Waals surface area contributed by atoms with Gasteiger partial charge in [0.25, 0.3) is 5.91 Å². The number of amides is 1. The van der Waals surface area contributed by atoms with Crippen LogP contribution in [0.25, 0.3) is 33.9 Å². The SMILES string of the molecule is COc1cccc(-c2nc3cnc(-c4ncn[nH]4)cc3n2[C@@H]2CCCC(NC(=O)c3ccc(Cl)s3)C2)c1F. The maximum absolute atomic E-state index is 15.5. The molecule has 9 nitrogen and oxygen atoms in total. The summed E-state index contributed by atoms with van der Waals surface area (Å²) in [4.78, 5) is 26.9. The number of imidazole rings is 1. The fraction of sp³-hybridized carbons (Fsp3) is 0.269. The van der Waals surface area contributed by atoms with E-state index in [1.165, 1.54) is 24.8 Å². The first-order valence-corrected chi connectivity index (χ1v) is 13.3. The summed E-state index contributed by atoms with van der Waals surface area (Å²) in [5, 5.41) is 9.93. The van der Waals surface area contributed by atoms with Crippen molar-refractivity contribution in [3.63, 3.8) is 0 Å². The summed E-state index contributed by atoms with van der Waals surface area (Å²) < 4.78 is 23.4. The van der Waals surface area contributed by atoms with Crippen molar-refractivity contribution in [2.24, 2.45) is 0 Å². The van der Waals surface area contributed by atoms with Crippen LogP contribution in [0.2, 0.25) is 4.34 Å². The van der Waals surface area contributed by atoms with Crippen LogP contribution in [0, 0.1) is 5.82 Å². The highest BCUT2D eigenvalue weighted by Gasteiger charge is 2.30. The summed E-state index contributed by atoms with van der Waals surface area (Å²) >= 11 is 7.28. The fourth-order valence-electron chi connectivity index (χ4n) is 5.08. The third-order valence-electron chi connectivity index (χ3n) is 6.80. The van der Waals surface area contributed by atoms with E-state index >= 15 is 4.39 Å². The minimum absolute atomic E-state index is 0.0449. The number of ether oxygens (including phenoxy) is 1. The molecule has 4 heterocycles. The molecule has 1 unspecified atom stereocenters. The molecular weight excluding hydrogens is 529 g/mol. The molecule has 1 saturated carbocycles. The molecule has 2 atom stereocenters. The van der Waals surface area contributed by atoms with E-state index in [2.05, 4.69) is 30.0 Å². The van der Waals surface area contributed by atoms with Gasteiger partial charge < -0.3 is 14.6 Å². The third-order valence-corrected chi connectivity index (χ3v) is 8.03. The smallest absolute Gasteiger partial charge is 0.261 e. The zero-order chi connectivity index (χ0) is 26.2. The predicted molar refractivity (Wildman–Crippen MR) is 143 cm³/mol. The molecule has 1 aliphatic rings. The van der Waals surface area contributed by atoms with Gasteiger partial charge in [-0.1, -0.05) is 17.7 Å². The molecule has 2 N–H and O–H groups in total. The number of hydrogen-bond donors (Lipinski definition) is 2. The second kappa shape index (κ2) is 10.1. The van der Waals surface area contributed by atoms with Crippen LogP contribution in [-0.2, 0) is 0 Å². The van der Waals surface area contributed by atoms with Crippen molar-refractivity contribution in [3.8, 4) is 28.7 Å². The number of hydrogen-bond acceptors (Lipinski definition) is 7. The molecule has 0 spiro atoms. The van der Waals surface area contributed by atoms with Gasteiger partial charge in [0.05, 0.1) is 33.6 Å². The molecule has 0 bridgehead atoms. The number of fused-ring (bicyclic) bond motifs is 1. The summed E-state index contributed by atoms with van der Waals surface area (Å²) in [6, 6.07) is 10.3. The molecule has 12 heteroatoms. The van der Waals surface area contributed by atoms with Gasteiger partial charge in [0.1, 0.15) is 23.4 Å². The van der Waals surface area contributed by atoms with Gasteiger partial charge in [-0.2, -0.15) is 5.10 Å². The number of aromatic amines is 1. The van der Waals surface area contributed by atoms with Gasteiger partial charge in [-0.05, 0) is 56.0 Å². The molecule has 1 amide bonds. The number of benzene rings is 1. The summed E-state index contributed by atoms with van der Waals surface area (Å²) in [7, 11) is 1.44. The summed E-state index contributed by atoms with van der Waals surface area (Å²) in [5.74, 6) is 0.529. The number of carbonyl (C=O) groups excluding carboxylic acids is 1. The second-order valence-electron chi connectivity index (χ2n) is 9.11. The van der Waals surface area contributed by atoms with Crippen molar-refractivity contribution < 1.29 is 13.9 Å². The first kappa shape index (κ1) is 24.5. The fourth-order valence-corrected chi connectivity index (χ4v) is 6.03. The lowest BCUT2D eigenvalue weighted by Gasteiger charge is -2.32. The predicted octanol–water partition coefficient (Wildman–Crippen LogP) is 5.66. The van der Waals surface area contributed by atoms with Crippen molar-refractivity contribution in [2.45, 2.75) is 37.8 Å². The minimum atomic E-state index is -0.481. The topological polar surface area (TPSA) is 111 Å². The van der Waals surface area contributed by atoms with E-state index in [4.69, 9.17) is 21.3 Å². The van der Waals surface area contributed by atoms with Gasteiger partial charge in [0, 0.05) is 12.1 Å². The lowest BCUT2D eigenvalue weighted by Crippen LogP contribution is -2.38. The number of methoxy groups -OCH3 is 1. The number of rotatable bonds is 6. The van der Waals surface area contributed by atoms with Gasteiger partial charge >= 0.3 is 0 Å². The molecule has 5 aromatic rings. The van der Waals surface area contributed by atoms with E-state index in [1.807, 2.05) is 6.07 Å². The van der Waals surface area contributed by atoms with E-state index in [9.17, 15) is 4.79 Å². The summed E-state index contributed by atoms with van der Waals surface area (Å²) in [6.45, 7) is 0. The van der Waals surface area contributed by atoms with Gasteiger partial charge in [-0.15, -0.1) is 11.3 Å². The molecule has 0 radical (unpaired) electrons. The number of pyridine rings is 1. The number of H-pyrrole nitrogens is 1. The molecule has 194 valence electrons. The Kier molecular flexibility index (Phi) is 6.54. The van der Waals surface area contributed by atoms with E-state index in [0.717, 1.165) is 24.8 Å². The Morgan fingerprint density at radius 2 is 2.16 bits per heavy atom. The molecule has 38 heavy (non-hydrogen) atoms. The van der Waals surface area contributed by atoms with Crippen LogP contribution in [0.3, 0.4) is 0 Å². The summed E-state index contributed by atoms with van der Waals surface area (Å²) in [6.07, 6.45) is 6.33. The van der Waals surface area contributed by atoms with Crippen LogP contribution in [0.4, 0.5) is 4.39 Å². The number of aromatic nitrogens is 6. The Morgan fingerprint density at radius 3 is 2.92 bits per heavy atom. The number of carbonyl (C=O) groups is 1. The molecule has 1 aliphatic carbocycles. The molecule has 0 aliphatic heterocycles. The monoisotopic (exact) mass is 551 g/mol. The van der Waals surface area contributed by atoms with Crippen LogP contribution in [0.5, 0.6) is 5.75 Å². The third kappa shape index (κ3) is 4.52. The highest BCUT2D eigenvalue weighted by atomic mass is 35.5. The van der Waals surface area contributed by atoms with Gasteiger partial charge in [0.2, 0.25) is 0 Å². The van der Waals surface area contributed by atoms with Gasteiger partial charge in [-0.3, -0.25) is 14.9 Å². The van der Waals surface area contributed by atoms with Gasteiger partial charge in [-0.25, -0.2) is 14.4 Å². The van der Waals surface area contributed by atoms with Crippen LogP contribution in [-0.4, -0.2) is 48.8 Å². The first-order valence-electron chi connectivity index (χ1n) is 12.1. The molecular formula is C26H23ClFN7O2S. The highest BCUT2D eigenvalue weighted by molar-refractivity contribution is 7.18. The van der Waals surface area contributed by atoms with Gasteiger partial charge in [0.15, 0.2) is 17.4 Å². The van der Waals surface area contributed by atoms with E-state index < -0.39 is 5.82 Å². The van der Waals surface area contributed by atoms with Crippen molar-refractivity contribution in [1.29, 1.82) is 0 Å². The van der Waals surface area contributed by atoms with Crippen LogP contribution < -0.4 is 10.1 Å². The Bertz CT molecular complexity index is 1620. The Balaban J connectivity index is 1.42. The van der Waals surface area contributed by atoms with Crippen LogP contribution in [0.1, 0.15) is 41.4 Å². The number of halogens is 2. The standard InChI is InChI=1S/C26H23ClFN7O2S/c1-37-20-7-3-6-16(23(20)28)25-33-18-12-29-17(24-30-13-31-34-24)11-19(18)35(25)15-5-2-4-14(10-15)32-26(36)21-8-9-22(27)38-21/h3,6-9,11-15H,2,4-5,10H2,1H3,(H,32,36)(H,30,31,34)/t14?,15-/m1/s1. The Morgan fingerprint density at radius 1 is 1.26 bits per heavy atom. The summed E-state index contributed by atoms with van der Waals surface area (Å²) in [5.41, 5.74) is 2.36.